The summed E-state index contributed by atoms with van der Waals surface area (Å²) in [5.41, 5.74) is 1.94. The van der Waals surface area contributed by atoms with Crippen molar-refractivity contribution in [2.45, 2.75) is 26.7 Å². The van der Waals surface area contributed by atoms with E-state index in [-0.39, 0.29) is 16.8 Å². The van der Waals surface area contributed by atoms with E-state index < -0.39 is 5.97 Å². The van der Waals surface area contributed by atoms with Gasteiger partial charge in [0.1, 0.15) is 0 Å². The highest BCUT2D eigenvalue weighted by atomic mass is 16.4. The van der Waals surface area contributed by atoms with Gasteiger partial charge in [-0.25, -0.2) is 9.48 Å². The second-order valence-corrected chi connectivity index (χ2v) is 6.18. The molecular weight excluding hydrogens is 268 g/mol. The predicted molar refractivity (Wildman–Crippen MR) is 77.0 cm³/mol. The van der Waals surface area contributed by atoms with Gasteiger partial charge in [-0.05, 0) is 24.0 Å². The minimum atomic E-state index is -1.00. The number of hydrogen-bond donors (Lipinski definition) is 1. The predicted octanol–water partition coefficient (Wildman–Crippen LogP) is 2.73. The molecule has 2 aromatic rings. The molecule has 1 heterocycles. The van der Waals surface area contributed by atoms with Crippen LogP contribution in [0.25, 0.3) is 5.69 Å². The van der Waals surface area contributed by atoms with E-state index >= 15 is 0 Å². The Bertz CT molecular complexity index is 744. The van der Waals surface area contributed by atoms with Crippen LogP contribution < -0.4 is 0 Å². The lowest BCUT2D eigenvalue weighted by Gasteiger charge is -2.29. The van der Waals surface area contributed by atoms with Gasteiger partial charge in [-0.15, -0.1) is 0 Å². The fourth-order valence-electron chi connectivity index (χ4n) is 2.87. The highest BCUT2D eigenvalue weighted by Gasteiger charge is 2.34. The third-order valence-electron chi connectivity index (χ3n) is 3.82. The summed E-state index contributed by atoms with van der Waals surface area (Å²) in [7, 11) is 0. The Hall–Kier alpha value is -2.43. The van der Waals surface area contributed by atoms with E-state index in [2.05, 4.69) is 5.10 Å². The molecule has 5 heteroatoms. The number of carbonyl (C=O) groups excluding carboxylic acids is 1. The summed E-state index contributed by atoms with van der Waals surface area (Å²) in [5, 5.41) is 13.6. The van der Waals surface area contributed by atoms with Crippen molar-refractivity contribution in [3.8, 4) is 5.69 Å². The average molecular weight is 284 g/mol. The Balaban J connectivity index is 2.19. The number of ketones is 1. The molecule has 0 amide bonds. The van der Waals surface area contributed by atoms with Crippen LogP contribution in [-0.2, 0) is 6.42 Å². The first-order valence-corrected chi connectivity index (χ1v) is 6.82. The van der Waals surface area contributed by atoms with Gasteiger partial charge >= 0.3 is 5.97 Å². The molecule has 0 bridgehead atoms. The van der Waals surface area contributed by atoms with Gasteiger partial charge in [0.15, 0.2) is 5.78 Å². The summed E-state index contributed by atoms with van der Waals surface area (Å²) in [4.78, 5) is 23.6. The van der Waals surface area contributed by atoms with Crippen molar-refractivity contribution in [2.24, 2.45) is 5.41 Å². The van der Waals surface area contributed by atoms with Crippen molar-refractivity contribution in [2.75, 3.05) is 0 Å². The number of carboxylic acid groups (broad SMARTS) is 1. The lowest BCUT2D eigenvalue weighted by Crippen LogP contribution is -2.28. The van der Waals surface area contributed by atoms with Crippen molar-refractivity contribution in [3.05, 3.63) is 47.3 Å². The second-order valence-electron chi connectivity index (χ2n) is 6.18. The molecule has 1 aromatic heterocycles. The maximum absolute atomic E-state index is 12.2. The number of Topliss-reactive ketones (excluding diaryl/α,β-unsaturated/α-hetero) is 1. The van der Waals surface area contributed by atoms with E-state index in [1.807, 2.05) is 13.8 Å². The molecule has 0 unspecified atom stereocenters. The highest BCUT2D eigenvalue weighted by molar-refractivity contribution is 5.99. The molecule has 0 fully saturated rings. The van der Waals surface area contributed by atoms with Crippen LogP contribution >= 0.6 is 0 Å². The molecule has 0 atom stereocenters. The number of rotatable bonds is 2. The number of fused-ring (bicyclic) bond motifs is 1. The number of para-hydroxylation sites is 1. The van der Waals surface area contributed by atoms with E-state index in [0.717, 1.165) is 5.69 Å². The number of nitrogens with zero attached hydrogens (tertiary/aromatic N) is 2. The maximum Gasteiger partial charge on any atom is 0.337 e. The van der Waals surface area contributed by atoms with Crippen LogP contribution in [0.2, 0.25) is 0 Å². The topological polar surface area (TPSA) is 72.2 Å². The molecule has 108 valence electrons. The standard InChI is InChI=1S/C16H16N2O3/c1-16(2)7-13-11(14(19)8-16)9-17-18(13)12-6-4-3-5-10(12)15(20)21/h3-6,9H,7-8H2,1-2H3,(H,20,21). The number of carbonyl (C=O) groups is 2. The van der Waals surface area contributed by atoms with Crippen LogP contribution in [0, 0.1) is 5.41 Å². The molecule has 1 aliphatic rings. The molecule has 21 heavy (non-hydrogen) atoms. The van der Waals surface area contributed by atoms with Gasteiger partial charge in [0.25, 0.3) is 0 Å². The summed E-state index contributed by atoms with van der Waals surface area (Å²) < 4.78 is 1.59. The Kier molecular flexibility index (Phi) is 2.93. The summed E-state index contributed by atoms with van der Waals surface area (Å²) in [6.45, 7) is 4.07. The molecule has 0 spiro atoms. The summed E-state index contributed by atoms with van der Waals surface area (Å²) in [5.74, 6) is -0.934. The van der Waals surface area contributed by atoms with Gasteiger partial charge in [0.2, 0.25) is 0 Å². The summed E-state index contributed by atoms with van der Waals surface area (Å²) in [6.07, 6.45) is 2.74. The van der Waals surface area contributed by atoms with Gasteiger partial charge in [0, 0.05) is 6.42 Å². The molecule has 1 aromatic carbocycles. The van der Waals surface area contributed by atoms with Crippen LogP contribution in [0.4, 0.5) is 0 Å². The normalized spacial score (nSPS) is 16.6. The third-order valence-corrected chi connectivity index (χ3v) is 3.82. The minimum Gasteiger partial charge on any atom is -0.478 e. The lowest BCUT2D eigenvalue weighted by atomic mass is 9.76. The number of benzene rings is 1. The minimum absolute atomic E-state index is 0.0697. The first-order chi connectivity index (χ1) is 9.89. The maximum atomic E-state index is 12.2. The fourth-order valence-corrected chi connectivity index (χ4v) is 2.87. The third kappa shape index (κ3) is 2.24. The molecule has 0 radical (unpaired) electrons. The van der Waals surface area contributed by atoms with E-state index in [9.17, 15) is 14.7 Å². The number of carboxylic acids is 1. The van der Waals surface area contributed by atoms with E-state index in [1.165, 1.54) is 0 Å². The number of aromatic carboxylic acids is 1. The van der Waals surface area contributed by atoms with Crippen molar-refractivity contribution in [1.29, 1.82) is 0 Å². The van der Waals surface area contributed by atoms with Gasteiger partial charge in [-0.1, -0.05) is 26.0 Å². The van der Waals surface area contributed by atoms with Crippen molar-refractivity contribution < 1.29 is 14.7 Å². The first kappa shape index (κ1) is 13.5. The zero-order valence-electron chi connectivity index (χ0n) is 12.0. The van der Waals surface area contributed by atoms with Crippen LogP contribution in [0.15, 0.2) is 30.5 Å². The van der Waals surface area contributed by atoms with Crippen LogP contribution in [-0.4, -0.2) is 26.6 Å². The molecule has 1 N–H and O–H groups in total. The van der Waals surface area contributed by atoms with Crippen LogP contribution in [0.5, 0.6) is 0 Å². The van der Waals surface area contributed by atoms with Crippen molar-refractivity contribution in [3.63, 3.8) is 0 Å². The average Bonchev–Trinajstić information content (AvgIpc) is 2.80. The zero-order chi connectivity index (χ0) is 15.2. The number of aromatic nitrogens is 2. The smallest absolute Gasteiger partial charge is 0.337 e. The molecule has 1 aliphatic carbocycles. The molecular formula is C16H16N2O3. The van der Waals surface area contributed by atoms with E-state index in [0.29, 0.717) is 24.1 Å². The molecule has 0 aliphatic heterocycles. The van der Waals surface area contributed by atoms with Gasteiger partial charge < -0.3 is 5.11 Å². The Morgan fingerprint density at radius 3 is 2.71 bits per heavy atom. The van der Waals surface area contributed by atoms with Crippen molar-refractivity contribution in [1.82, 2.24) is 9.78 Å². The Labute approximate surface area is 122 Å². The fraction of sp³-hybridized carbons (Fsp3) is 0.312. The lowest BCUT2D eigenvalue weighted by molar-refractivity contribution is 0.0696. The SMILES string of the molecule is CC1(C)CC(=O)c2cnn(-c3ccccc3C(=O)O)c2C1. The highest BCUT2D eigenvalue weighted by Crippen LogP contribution is 2.35. The first-order valence-electron chi connectivity index (χ1n) is 6.82. The van der Waals surface area contributed by atoms with Gasteiger partial charge in [-0.3, -0.25) is 4.79 Å². The summed E-state index contributed by atoms with van der Waals surface area (Å²) >= 11 is 0. The van der Waals surface area contributed by atoms with E-state index in [4.69, 9.17) is 0 Å². The number of hydrogen-bond acceptors (Lipinski definition) is 3. The van der Waals surface area contributed by atoms with E-state index in [1.54, 1.807) is 35.1 Å². The van der Waals surface area contributed by atoms with Crippen LogP contribution in [0.1, 0.15) is 46.7 Å². The summed E-state index contributed by atoms with van der Waals surface area (Å²) in [6, 6.07) is 6.70. The second kappa shape index (κ2) is 4.55. The van der Waals surface area contributed by atoms with Crippen LogP contribution in [0.3, 0.4) is 0 Å². The molecule has 5 nitrogen and oxygen atoms in total. The molecule has 0 saturated heterocycles. The quantitative estimate of drug-likeness (QED) is 0.920. The zero-order valence-corrected chi connectivity index (χ0v) is 12.0. The monoisotopic (exact) mass is 284 g/mol. The molecule has 0 saturated carbocycles. The largest absolute Gasteiger partial charge is 0.478 e. The van der Waals surface area contributed by atoms with Crippen molar-refractivity contribution >= 4 is 11.8 Å². The molecule has 3 rings (SSSR count). The van der Waals surface area contributed by atoms with Gasteiger partial charge in [-0.2, -0.15) is 5.10 Å². The van der Waals surface area contributed by atoms with Gasteiger partial charge in [0.05, 0.1) is 28.7 Å². The Morgan fingerprint density at radius 2 is 2.00 bits per heavy atom. The Morgan fingerprint density at radius 1 is 1.29 bits per heavy atom.